The van der Waals surface area contributed by atoms with Gasteiger partial charge in [-0.2, -0.15) is 0 Å². The predicted octanol–water partition coefficient (Wildman–Crippen LogP) is 3.08. The van der Waals surface area contributed by atoms with E-state index in [0.717, 1.165) is 5.56 Å². The van der Waals surface area contributed by atoms with Gasteiger partial charge in [0.1, 0.15) is 5.75 Å². The van der Waals surface area contributed by atoms with E-state index in [1.54, 1.807) is 14.0 Å². The molecule has 1 aromatic heterocycles. The Hall–Kier alpha value is -2.37. The second kappa shape index (κ2) is 6.17. The summed E-state index contributed by atoms with van der Waals surface area (Å²) in [6.07, 6.45) is 0. The van der Waals surface area contributed by atoms with Crippen molar-refractivity contribution in [3.05, 3.63) is 35.7 Å². The Morgan fingerprint density at radius 3 is 2.64 bits per heavy atom. The summed E-state index contributed by atoms with van der Waals surface area (Å²) in [5.41, 5.74) is 1.17. The molecule has 0 saturated carbocycles. The van der Waals surface area contributed by atoms with Crippen molar-refractivity contribution < 1.29 is 14.3 Å². The second-order valence-corrected chi connectivity index (χ2v) is 5.97. The van der Waals surface area contributed by atoms with Gasteiger partial charge in [-0.25, -0.2) is 4.79 Å². The van der Waals surface area contributed by atoms with E-state index in [1.807, 2.05) is 24.3 Å². The molecule has 0 aliphatic heterocycles. The molecule has 0 spiro atoms. The minimum absolute atomic E-state index is 0.0232. The molecule has 22 heavy (non-hydrogen) atoms. The Kier molecular flexibility index (Phi) is 4.49. The number of hydrogen-bond donors (Lipinski definition) is 0. The maximum atomic E-state index is 11.7. The minimum Gasteiger partial charge on any atom is -0.460 e. The summed E-state index contributed by atoms with van der Waals surface area (Å²) in [4.78, 5) is 11.7. The van der Waals surface area contributed by atoms with Crippen LogP contribution in [0.25, 0.3) is 0 Å². The maximum absolute atomic E-state index is 11.7. The highest BCUT2D eigenvalue weighted by Gasteiger charge is 2.19. The fraction of sp³-hybridized carbons (Fsp3) is 0.438. The Balaban J connectivity index is 2.23. The lowest BCUT2D eigenvalue weighted by molar-refractivity contribution is 0.0506. The van der Waals surface area contributed by atoms with Gasteiger partial charge in [0.25, 0.3) is 0 Å². The zero-order chi connectivity index (χ0) is 16.3. The predicted molar refractivity (Wildman–Crippen MR) is 82.2 cm³/mol. The summed E-state index contributed by atoms with van der Waals surface area (Å²) in [7, 11) is 1.66. The first-order chi connectivity index (χ1) is 10.3. The number of esters is 1. The molecule has 2 rings (SSSR count). The van der Waals surface area contributed by atoms with Gasteiger partial charge in [0.05, 0.1) is 6.61 Å². The van der Waals surface area contributed by atoms with Crippen LogP contribution >= 0.6 is 0 Å². The number of nitrogens with zero attached hydrogens (tertiary/aromatic N) is 3. The number of carbonyl (C=O) groups excluding carboxylic acids is 1. The van der Waals surface area contributed by atoms with E-state index in [9.17, 15) is 4.79 Å². The van der Waals surface area contributed by atoms with E-state index < -0.39 is 5.97 Å². The lowest BCUT2D eigenvalue weighted by Gasteiger charge is -2.19. The summed E-state index contributed by atoms with van der Waals surface area (Å²) in [6.45, 7) is 8.42. The molecule has 0 N–H and O–H groups in total. The van der Waals surface area contributed by atoms with Gasteiger partial charge in [0.15, 0.2) is 0 Å². The zero-order valence-corrected chi connectivity index (χ0v) is 13.6. The van der Waals surface area contributed by atoms with E-state index in [2.05, 4.69) is 31.0 Å². The van der Waals surface area contributed by atoms with Crippen LogP contribution in [0, 0.1) is 0 Å². The number of hydrogen-bond acceptors (Lipinski definition) is 5. The third-order valence-electron chi connectivity index (χ3n) is 3.20. The Bertz CT molecular complexity index is 672. The Morgan fingerprint density at radius 2 is 2.00 bits per heavy atom. The molecule has 0 aliphatic rings. The molecular formula is C16H21N3O3. The number of carbonyl (C=O) groups is 1. The highest BCUT2D eigenvalue weighted by Crippen LogP contribution is 2.27. The van der Waals surface area contributed by atoms with Crippen LogP contribution in [0.4, 0.5) is 0 Å². The monoisotopic (exact) mass is 303 g/mol. The molecule has 6 nitrogen and oxygen atoms in total. The van der Waals surface area contributed by atoms with Crippen molar-refractivity contribution in [1.29, 1.82) is 0 Å². The summed E-state index contributed by atoms with van der Waals surface area (Å²) in [5, 5.41) is 7.71. The fourth-order valence-electron chi connectivity index (χ4n) is 1.91. The topological polar surface area (TPSA) is 66.2 Å². The molecule has 0 unspecified atom stereocenters. The third kappa shape index (κ3) is 3.44. The number of rotatable bonds is 4. The number of benzene rings is 1. The quantitative estimate of drug-likeness (QED) is 0.812. The first kappa shape index (κ1) is 16.0. The molecule has 2 aromatic rings. The standard InChI is InChI=1S/C16H21N3O3/c1-6-21-14(20)13-17-18-15(19(13)5)22-12-9-7-8-11(10-12)16(2,3)4/h7-10H,6H2,1-5H3. The van der Waals surface area contributed by atoms with Crippen LogP contribution in [0.2, 0.25) is 0 Å². The third-order valence-corrected chi connectivity index (χ3v) is 3.20. The van der Waals surface area contributed by atoms with Crippen LogP contribution in [0.3, 0.4) is 0 Å². The molecule has 0 atom stereocenters. The molecule has 118 valence electrons. The van der Waals surface area contributed by atoms with Gasteiger partial charge < -0.3 is 9.47 Å². The molecule has 1 heterocycles. The molecule has 1 aromatic carbocycles. The van der Waals surface area contributed by atoms with Crippen molar-refractivity contribution in [2.45, 2.75) is 33.1 Å². The fourth-order valence-corrected chi connectivity index (χ4v) is 1.91. The van der Waals surface area contributed by atoms with Crippen molar-refractivity contribution >= 4 is 5.97 Å². The summed E-state index contributed by atoms with van der Waals surface area (Å²) < 4.78 is 12.1. The summed E-state index contributed by atoms with van der Waals surface area (Å²) >= 11 is 0. The minimum atomic E-state index is -0.518. The summed E-state index contributed by atoms with van der Waals surface area (Å²) in [5.74, 6) is 0.248. The molecule has 0 saturated heterocycles. The van der Waals surface area contributed by atoms with Crippen LogP contribution < -0.4 is 4.74 Å². The van der Waals surface area contributed by atoms with Crippen molar-refractivity contribution in [3.8, 4) is 11.8 Å². The van der Waals surface area contributed by atoms with Crippen molar-refractivity contribution in [1.82, 2.24) is 14.8 Å². The van der Waals surface area contributed by atoms with Crippen molar-refractivity contribution in [2.75, 3.05) is 6.61 Å². The number of ether oxygens (including phenoxy) is 2. The van der Waals surface area contributed by atoms with Crippen molar-refractivity contribution in [2.24, 2.45) is 7.05 Å². The van der Waals surface area contributed by atoms with Gasteiger partial charge in [-0.05, 0) is 30.0 Å². The molecule has 0 radical (unpaired) electrons. The van der Waals surface area contributed by atoms with Gasteiger partial charge in [0.2, 0.25) is 5.82 Å². The van der Waals surface area contributed by atoms with Gasteiger partial charge >= 0.3 is 12.0 Å². The molecule has 0 aliphatic carbocycles. The van der Waals surface area contributed by atoms with Gasteiger partial charge in [0, 0.05) is 7.05 Å². The Labute approximate surface area is 130 Å². The van der Waals surface area contributed by atoms with E-state index in [4.69, 9.17) is 9.47 Å². The Morgan fingerprint density at radius 1 is 1.27 bits per heavy atom. The molecule has 0 fully saturated rings. The first-order valence-electron chi connectivity index (χ1n) is 7.18. The molecule has 0 amide bonds. The number of aromatic nitrogens is 3. The maximum Gasteiger partial charge on any atom is 0.376 e. The van der Waals surface area contributed by atoms with E-state index in [0.29, 0.717) is 5.75 Å². The normalized spacial score (nSPS) is 11.3. The highest BCUT2D eigenvalue weighted by molar-refractivity contribution is 5.85. The van der Waals surface area contributed by atoms with Gasteiger partial charge in [-0.15, -0.1) is 5.10 Å². The zero-order valence-electron chi connectivity index (χ0n) is 13.6. The van der Waals surface area contributed by atoms with Crippen LogP contribution in [0.5, 0.6) is 11.8 Å². The molecular weight excluding hydrogens is 282 g/mol. The largest absolute Gasteiger partial charge is 0.460 e. The van der Waals surface area contributed by atoms with Crippen LogP contribution in [-0.2, 0) is 17.2 Å². The van der Waals surface area contributed by atoms with Gasteiger partial charge in [-0.1, -0.05) is 38.0 Å². The lowest BCUT2D eigenvalue weighted by Crippen LogP contribution is -2.12. The molecule has 6 heteroatoms. The summed E-state index contributed by atoms with van der Waals surface area (Å²) in [6, 6.07) is 8.02. The first-order valence-corrected chi connectivity index (χ1v) is 7.18. The van der Waals surface area contributed by atoms with E-state index in [-0.39, 0.29) is 23.9 Å². The molecule has 0 bridgehead atoms. The second-order valence-electron chi connectivity index (χ2n) is 5.97. The van der Waals surface area contributed by atoms with Crippen LogP contribution in [0.1, 0.15) is 43.9 Å². The highest BCUT2D eigenvalue weighted by atomic mass is 16.5. The van der Waals surface area contributed by atoms with Crippen molar-refractivity contribution in [3.63, 3.8) is 0 Å². The average molecular weight is 303 g/mol. The van der Waals surface area contributed by atoms with Crippen LogP contribution in [-0.4, -0.2) is 27.3 Å². The average Bonchev–Trinajstić information content (AvgIpc) is 2.80. The SMILES string of the molecule is CCOC(=O)c1nnc(Oc2cccc(C(C)(C)C)c2)n1C. The smallest absolute Gasteiger partial charge is 0.376 e. The van der Waals surface area contributed by atoms with E-state index >= 15 is 0 Å². The van der Waals surface area contributed by atoms with Crippen LogP contribution in [0.15, 0.2) is 24.3 Å². The van der Waals surface area contributed by atoms with Gasteiger partial charge in [-0.3, -0.25) is 4.57 Å². The van der Waals surface area contributed by atoms with E-state index in [1.165, 1.54) is 4.57 Å². The lowest BCUT2D eigenvalue weighted by atomic mass is 9.87.